The number of allylic oxidation sites excluding steroid dienone is 1. The lowest BCUT2D eigenvalue weighted by molar-refractivity contribution is -0.138. The minimum absolute atomic E-state index is 0.0273. The maximum atomic E-state index is 13.4. The number of hydrogen-bond donors (Lipinski definition) is 2. The first kappa shape index (κ1) is 29.7. The molecule has 3 rings (SSSR count). The molecule has 1 atom stereocenters. The number of aryl methyl sites for hydroxylation is 1. The van der Waals surface area contributed by atoms with E-state index in [2.05, 4.69) is 22.0 Å². The van der Waals surface area contributed by atoms with Crippen LogP contribution in [0.2, 0.25) is 0 Å². The maximum absolute atomic E-state index is 13.4. The number of unbranched alkanes of at least 4 members (excludes halogenated alkanes) is 1. The number of ether oxygens (including phenoxy) is 1. The highest BCUT2D eigenvalue weighted by Crippen LogP contribution is 2.37. The summed E-state index contributed by atoms with van der Waals surface area (Å²) in [6, 6.07) is 9.29. The normalized spacial score (nSPS) is 15.8. The maximum Gasteiger partial charge on any atom is 0.416 e. The van der Waals surface area contributed by atoms with Crippen molar-refractivity contribution in [2.75, 3.05) is 17.3 Å². The molecule has 0 radical (unpaired) electrons. The van der Waals surface area contributed by atoms with Crippen LogP contribution in [0, 0.1) is 16.7 Å². The lowest BCUT2D eigenvalue weighted by Crippen LogP contribution is -2.59. The first-order valence-corrected chi connectivity index (χ1v) is 13.1. The summed E-state index contributed by atoms with van der Waals surface area (Å²) in [5.74, 6) is -1.32. The Bertz CT molecular complexity index is 1350. The molecule has 0 aromatic heterocycles. The standard InChI is InChI=1S/C27H27BrF3N5O3/c1-16-23(24(37)39-2)22(13-19-10-9-17(15-32)12-18(19)6-3-4-11-28)36(26(34)38)25(33)35(16)21-8-5-7-20(14-21)27(29,30)31/h5,7-10,12,14,22,33H,3-4,6,11,13H2,1-2H3,(H2,34,38). The number of carbonyl (C=O) groups excluding carboxylic acids is 2. The number of alkyl halides is 4. The van der Waals surface area contributed by atoms with Crippen molar-refractivity contribution in [3.63, 3.8) is 0 Å². The molecule has 0 aliphatic carbocycles. The van der Waals surface area contributed by atoms with Crippen molar-refractivity contribution in [3.8, 4) is 6.07 Å². The fourth-order valence-electron chi connectivity index (χ4n) is 4.63. The van der Waals surface area contributed by atoms with Gasteiger partial charge >= 0.3 is 18.2 Å². The largest absolute Gasteiger partial charge is 0.466 e. The molecular formula is C27H27BrF3N5O3. The molecule has 0 fully saturated rings. The Labute approximate surface area is 232 Å². The third kappa shape index (κ3) is 6.42. The highest BCUT2D eigenvalue weighted by molar-refractivity contribution is 9.09. The summed E-state index contributed by atoms with van der Waals surface area (Å²) in [6.45, 7) is 1.47. The van der Waals surface area contributed by atoms with Gasteiger partial charge in [-0.1, -0.05) is 28.1 Å². The number of nitrogens with one attached hydrogen (secondary N) is 1. The van der Waals surface area contributed by atoms with Crippen LogP contribution < -0.4 is 10.6 Å². The van der Waals surface area contributed by atoms with E-state index in [1.807, 2.05) is 0 Å². The van der Waals surface area contributed by atoms with Gasteiger partial charge in [0.05, 0.1) is 35.9 Å². The van der Waals surface area contributed by atoms with E-state index < -0.39 is 35.7 Å². The smallest absolute Gasteiger partial charge is 0.416 e. The number of carbonyl (C=O) groups is 2. The van der Waals surface area contributed by atoms with Gasteiger partial charge in [-0.05, 0) is 74.1 Å². The van der Waals surface area contributed by atoms with Gasteiger partial charge in [0.2, 0.25) is 5.96 Å². The molecule has 1 aliphatic rings. The van der Waals surface area contributed by atoms with Crippen LogP contribution in [0.1, 0.15) is 42.0 Å². The third-order valence-corrected chi connectivity index (χ3v) is 7.02. The predicted octanol–water partition coefficient (Wildman–Crippen LogP) is 5.49. The summed E-state index contributed by atoms with van der Waals surface area (Å²) >= 11 is 3.40. The molecule has 1 unspecified atom stereocenters. The number of nitrogens with zero attached hydrogens (tertiary/aromatic N) is 3. The van der Waals surface area contributed by atoms with Gasteiger partial charge in [0.15, 0.2) is 0 Å². The minimum Gasteiger partial charge on any atom is -0.466 e. The van der Waals surface area contributed by atoms with E-state index in [4.69, 9.17) is 15.9 Å². The highest BCUT2D eigenvalue weighted by Gasteiger charge is 2.43. The van der Waals surface area contributed by atoms with Crippen LogP contribution in [0.15, 0.2) is 53.7 Å². The molecule has 39 heavy (non-hydrogen) atoms. The number of hydrogen-bond acceptors (Lipinski definition) is 5. The number of urea groups is 1. The van der Waals surface area contributed by atoms with Crippen molar-refractivity contribution in [2.45, 2.75) is 44.8 Å². The number of rotatable bonds is 8. The molecule has 3 N–H and O–H groups in total. The van der Waals surface area contributed by atoms with Crippen LogP contribution in [0.3, 0.4) is 0 Å². The average molecular weight is 606 g/mol. The van der Waals surface area contributed by atoms with Crippen LogP contribution in [0.5, 0.6) is 0 Å². The monoisotopic (exact) mass is 605 g/mol. The highest BCUT2D eigenvalue weighted by atomic mass is 79.9. The molecule has 2 amide bonds. The van der Waals surface area contributed by atoms with E-state index in [0.717, 1.165) is 58.3 Å². The molecule has 8 nitrogen and oxygen atoms in total. The second-order valence-electron chi connectivity index (χ2n) is 8.87. The number of nitriles is 1. The number of amides is 2. The summed E-state index contributed by atoms with van der Waals surface area (Å²) in [4.78, 5) is 27.7. The van der Waals surface area contributed by atoms with Crippen LogP contribution in [-0.4, -0.2) is 41.3 Å². The summed E-state index contributed by atoms with van der Waals surface area (Å²) < 4.78 is 45.3. The lowest BCUT2D eigenvalue weighted by atomic mass is 9.89. The van der Waals surface area contributed by atoms with E-state index >= 15 is 0 Å². The van der Waals surface area contributed by atoms with E-state index in [0.29, 0.717) is 12.0 Å². The fourth-order valence-corrected chi connectivity index (χ4v) is 5.03. The second-order valence-corrected chi connectivity index (χ2v) is 9.66. The quantitative estimate of drug-likeness (QED) is 0.234. The Morgan fingerprint density at radius 3 is 2.49 bits per heavy atom. The number of halogens is 4. The van der Waals surface area contributed by atoms with E-state index in [9.17, 15) is 28.0 Å². The lowest BCUT2D eigenvalue weighted by Gasteiger charge is -2.43. The van der Waals surface area contributed by atoms with Crippen molar-refractivity contribution in [2.24, 2.45) is 5.73 Å². The Hall–Kier alpha value is -3.85. The zero-order valence-electron chi connectivity index (χ0n) is 21.3. The van der Waals surface area contributed by atoms with Crippen LogP contribution >= 0.6 is 15.9 Å². The molecule has 12 heteroatoms. The third-order valence-electron chi connectivity index (χ3n) is 6.46. The number of anilines is 1. The van der Waals surface area contributed by atoms with Crippen molar-refractivity contribution < 1.29 is 27.5 Å². The molecular weight excluding hydrogens is 579 g/mol. The molecule has 1 aliphatic heterocycles. The number of primary amides is 1. The number of benzene rings is 2. The van der Waals surface area contributed by atoms with Gasteiger partial charge < -0.3 is 10.5 Å². The van der Waals surface area contributed by atoms with Crippen molar-refractivity contribution in [1.29, 1.82) is 10.7 Å². The first-order valence-electron chi connectivity index (χ1n) is 12.0. The van der Waals surface area contributed by atoms with Crippen molar-refractivity contribution >= 4 is 39.6 Å². The van der Waals surface area contributed by atoms with Gasteiger partial charge in [0, 0.05) is 16.7 Å². The van der Waals surface area contributed by atoms with Crippen LogP contribution in [0.25, 0.3) is 0 Å². The zero-order chi connectivity index (χ0) is 28.9. The van der Waals surface area contributed by atoms with Crippen LogP contribution in [-0.2, 0) is 28.5 Å². The van der Waals surface area contributed by atoms with Crippen molar-refractivity contribution in [3.05, 3.63) is 76.0 Å². The first-order chi connectivity index (χ1) is 18.4. The summed E-state index contributed by atoms with van der Waals surface area (Å²) in [5, 5.41) is 19.0. The number of esters is 1. The average Bonchev–Trinajstić information content (AvgIpc) is 2.88. The van der Waals surface area contributed by atoms with Crippen LogP contribution in [0.4, 0.5) is 23.7 Å². The summed E-state index contributed by atoms with van der Waals surface area (Å²) in [6.07, 6.45) is -2.27. The Morgan fingerprint density at radius 1 is 1.18 bits per heavy atom. The van der Waals surface area contributed by atoms with Gasteiger partial charge in [-0.2, -0.15) is 18.4 Å². The van der Waals surface area contributed by atoms with Gasteiger partial charge in [-0.3, -0.25) is 15.2 Å². The fraction of sp³-hybridized carbons (Fsp3) is 0.333. The Kier molecular flexibility index (Phi) is 9.40. The molecule has 0 saturated heterocycles. The number of nitrogens with two attached hydrogens (primary N) is 1. The van der Waals surface area contributed by atoms with E-state index in [1.165, 1.54) is 19.1 Å². The van der Waals surface area contributed by atoms with Crippen molar-refractivity contribution in [1.82, 2.24) is 4.90 Å². The molecule has 0 saturated carbocycles. The van der Waals surface area contributed by atoms with E-state index in [1.54, 1.807) is 18.2 Å². The molecule has 206 valence electrons. The molecule has 0 bridgehead atoms. The summed E-state index contributed by atoms with van der Waals surface area (Å²) in [5.41, 5.74) is 6.78. The Balaban J connectivity index is 2.18. The van der Waals surface area contributed by atoms with Gasteiger partial charge in [0.25, 0.3) is 0 Å². The molecule has 0 spiro atoms. The second kappa shape index (κ2) is 12.3. The van der Waals surface area contributed by atoms with Gasteiger partial charge in [-0.25, -0.2) is 9.59 Å². The predicted molar refractivity (Wildman–Crippen MR) is 143 cm³/mol. The molecule has 2 aromatic rings. The number of guanidine groups is 1. The topological polar surface area (TPSA) is 124 Å². The van der Waals surface area contributed by atoms with Gasteiger partial charge in [0.1, 0.15) is 0 Å². The Morgan fingerprint density at radius 2 is 1.90 bits per heavy atom. The minimum atomic E-state index is -4.65. The molecule has 2 aromatic carbocycles. The number of methoxy groups -OCH3 is 1. The molecule has 1 heterocycles. The van der Waals surface area contributed by atoms with E-state index in [-0.39, 0.29) is 23.4 Å². The summed E-state index contributed by atoms with van der Waals surface area (Å²) in [7, 11) is 1.15. The SMILES string of the molecule is COC(=O)C1=C(C)N(c2cccc(C(F)(F)F)c2)C(=N)N(C(N)=O)C1Cc1ccc(C#N)cc1CCCCBr. The van der Waals surface area contributed by atoms with Gasteiger partial charge in [-0.15, -0.1) is 0 Å². The zero-order valence-corrected chi connectivity index (χ0v) is 22.9.